The number of aromatic nitrogens is 5. The fraction of sp³-hybridized carbons (Fsp3) is 0.267. The molecular weight excluding hydrogens is 326 g/mol. The molecule has 3 rings (SSSR count). The molecule has 3 aromatic heterocycles. The Morgan fingerprint density at radius 3 is 2.71 bits per heavy atom. The first-order valence-corrected chi connectivity index (χ1v) is 8.21. The lowest BCUT2D eigenvalue weighted by molar-refractivity contribution is 0.0958. The van der Waals surface area contributed by atoms with Gasteiger partial charge in [-0.1, -0.05) is 4.49 Å². The van der Waals surface area contributed by atoms with Gasteiger partial charge in [0.1, 0.15) is 22.3 Å². The topological polar surface area (TPSA) is 97.6 Å². The van der Waals surface area contributed by atoms with E-state index in [9.17, 15) is 4.79 Å². The summed E-state index contributed by atoms with van der Waals surface area (Å²) in [6.45, 7) is 4.64. The van der Waals surface area contributed by atoms with E-state index in [1.165, 1.54) is 0 Å². The zero-order valence-corrected chi connectivity index (χ0v) is 14.2. The lowest BCUT2D eigenvalue weighted by Crippen LogP contribution is -2.28. The van der Waals surface area contributed by atoms with Crippen molar-refractivity contribution in [2.24, 2.45) is 0 Å². The Labute approximate surface area is 143 Å². The third-order valence-corrected chi connectivity index (χ3v) is 4.09. The number of hydrogen-bond acceptors (Lipinski definition) is 7. The van der Waals surface area contributed by atoms with Crippen LogP contribution in [0.1, 0.15) is 21.2 Å². The van der Waals surface area contributed by atoms with Crippen LogP contribution in [0.25, 0.3) is 5.82 Å². The van der Waals surface area contributed by atoms with Crippen molar-refractivity contribution in [3.8, 4) is 5.82 Å². The van der Waals surface area contributed by atoms with E-state index in [0.717, 1.165) is 23.2 Å². The predicted molar refractivity (Wildman–Crippen MR) is 91.6 cm³/mol. The molecule has 9 heteroatoms. The number of nitrogens with one attached hydrogen (secondary N) is 2. The van der Waals surface area contributed by atoms with E-state index in [1.54, 1.807) is 6.92 Å². The van der Waals surface area contributed by atoms with Gasteiger partial charge in [0.05, 0.1) is 5.69 Å². The summed E-state index contributed by atoms with van der Waals surface area (Å²) in [5.74, 6) is 2.04. The van der Waals surface area contributed by atoms with Gasteiger partial charge < -0.3 is 15.2 Å². The molecule has 0 fully saturated rings. The Bertz CT molecular complexity index is 828. The molecule has 0 atom stereocenters. The molecule has 0 aliphatic carbocycles. The minimum absolute atomic E-state index is 0.156. The average Bonchev–Trinajstić information content (AvgIpc) is 3.22. The summed E-state index contributed by atoms with van der Waals surface area (Å²) in [7, 11) is 0. The van der Waals surface area contributed by atoms with E-state index < -0.39 is 0 Å². The number of rotatable bonds is 6. The second-order valence-electron chi connectivity index (χ2n) is 5.12. The number of carbonyl (C=O) groups excluding carboxylic acids is 1. The smallest absolute Gasteiger partial charge is 0.265 e. The molecular formula is C15H17N7OS. The first kappa shape index (κ1) is 16.1. The molecule has 24 heavy (non-hydrogen) atoms. The van der Waals surface area contributed by atoms with Gasteiger partial charge >= 0.3 is 0 Å². The van der Waals surface area contributed by atoms with Gasteiger partial charge in [-0.2, -0.15) is 0 Å². The van der Waals surface area contributed by atoms with Gasteiger partial charge in [0.15, 0.2) is 0 Å². The maximum atomic E-state index is 12.0. The number of anilines is 1. The Morgan fingerprint density at radius 1 is 1.21 bits per heavy atom. The van der Waals surface area contributed by atoms with Crippen molar-refractivity contribution in [3.05, 3.63) is 47.0 Å². The normalized spacial score (nSPS) is 10.6. The maximum Gasteiger partial charge on any atom is 0.265 e. The van der Waals surface area contributed by atoms with Crippen LogP contribution in [0.3, 0.4) is 0 Å². The predicted octanol–water partition coefficient (Wildman–Crippen LogP) is 1.58. The Morgan fingerprint density at radius 2 is 2.00 bits per heavy atom. The summed E-state index contributed by atoms with van der Waals surface area (Å²) >= 11 is 1.10. The van der Waals surface area contributed by atoms with Crippen LogP contribution in [-0.2, 0) is 0 Å². The molecule has 0 saturated carbocycles. The lowest BCUT2D eigenvalue weighted by Gasteiger charge is -2.09. The SMILES string of the molecule is Cc1nc(NCCNC(=O)c2snnc2C)cc(-n2cccc2)n1. The summed E-state index contributed by atoms with van der Waals surface area (Å²) in [5.41, 5.74) is 0.647. The van der Waals surface area contributed by atoms with Crippen LogP contribution in [0.5, 0.6) is 0 Å². The quantitative estimate of drug-likeness (QED) is 0.660. The van der Waals surface area contributed by atoms with Gasteiger partial charge in [0.25, 0.3) is 5.91 Å². The standard InChI is InChI=1S/C15H17N7OS/c1-10-14(24-21-20-10)15(23)17-6-5-16-12-9-13(19-11(2)18-12)22-7-3-4-8-22/h3-4,7-9H,5-6H2,1-2H3,(H,17,23)(H,16,18,19). The molecule has 3 aromatic rings. The van der Waals surface area contributed by atoms with Gasteiger partial charge in [-0.3, -0.25) is 4.79 Å². The summed E-state index contributed by atoms with van der Waals surface area (Å²) in [6.07, 6.45) is 3.86. The van der Waals surface area contributed by atoms with Crippen LogP contribution >= 0.6 is 11.5 Å². The van der Waals surface area contributed by atoms with Crippen LogP contribution in [0.4, 0.5) is 5.82 Å². The van der Waals surface area contributed by atoms with Crippen molar-refractivity contribution >= 4 is 23.3 Å². The molecule has 0 unspecified atom stereocenters. The number of nitrogens with zero attached hydrogens (tertiary/aromatic N) is 5. The minimum atomic E-state index is -0.156. The fourth-order valence-electron chi connectivity index (χ4n) is 2.15. The molecule has 0 aromatic carbocycles. The van der Waals surface area contributed by atoms with Crippen molar-refractivity contribution < 1.29 is 4.79 Å². The summed E-state index contributed by atoms with van der Waals surface area (Å²) in [5, 5.41) is 9.86. The van der Waals surface area contributed by atoms with Crippen LogP contribution in [-0.4, -0.2) is 43.1 Å². The summed E-state index contributed by atoms with van der Waals surface area (Å²) in [6, 6.07) is 5.75. The number of aryl methyl sites for hydroxylation is 2. The molecule has 2 N–H and O–H groups in total. The fourth-order valence-corrected chi connectivity index (χ4v) is 2.72. The maximum absolute atomic E-state index is 12.0. The molecule has 0 aliphatic rings. The van der Waals surface area contributed by atoms with E-state index >= 15 is 0 Å². The largest absolute Gasteiger partial charge is 0.368 e. The van der Waals surface area contributed by atoms with E-state index in [-0.39, 0.29) is 5.91 Å². The van der Waals surface area contributed by atoms with Crippen molar-refractivity contribution in [2.45, 2.75) is 13.8 Å². The van der Waals surface area contributed by atoms with Gasteiger partial charge in [-0.05, 0) is 37.5 Å². The summed E-state index contributed by atoms with van der Waals surface area (Å²) < 4.78 is 5.68. The van der Waals surface area contributed by atoms with Crippen LogP contribution in [0.2, 0.25) is 0 Å². The van der Waals surface area contributed by atoms with Gasteiger partial charge in [0.2, 0.25) is 0 Å². The molecule has 0 aliphatic heterocycles. The molecule has 1 amide bonds. The van der Waals surface area contributed by atoms with E-state index in [0.29, 0.717) is 29.5 Å². The Hall–Kier alpha value is -2.81. The van der Waals surface area contributed by atoms with Crippen molar-refractivity contribution in [3.63, 3.8) is 0 Å². The molecule has 8 nitrogen and oxygen atoms in total. The molecule has 3 heterocycles. The average molecular weight is 343 g/mol. The Kier molecular flexibility index (Phi) is 4.80. The monoisotopic (exact) mass is 343 g/mol. The van der Waals surface area contributed by atoms with Crippen LogP contribution in [0, 0.1) is 13.8 Å². The van der Waals surface area contributed by atoms with Crippen LogP contribution < -0.4 is 10.6 Å². The van der Waals surface area contributed by atoms with Crippen LogP contribution in [0.15, 0.2) is 30.6 Å². The lowest BCUT2D eigenvalue weighted by atomic mass is 10.4. The zero-order valence-electron chi connectivity index (χ0n) is 13.4. The highest BCUT2D eigenvalue weighted by atomic mass is 32.1. The number of hydrogen-bond donors (Lipinski definition) is 2. The number of carbonyl (C=O) groups is 1. The number of amides is 1. The van der Waals surface area contributed by atoms with E-state index in [1.807, 2.05) is 42.1 Å². The molecule has 0 spiro atoms. The van der Waals surface area contributed by atoms with Gasteiger partial charge in [-0.15, -0.1) is 5.10 Å². The zero-order chi connectivity index (χ0) is 16.9. The first-order valence-electron chi connectivity index (χ1n) is 7.43. The summed E-state index contributed by atoms with van der Waals surface area (Å²) in [4.78, 5) is 21.3. The first-order chi connectivity index (χ1) is 11.6. The Balaban J connectivity index is 1.55. The van der Waals surface area contributed by atoms with Crippen molar-refractivity contribution in [1.29, 1.82) is 0 Å². The molecule has 0 bridgehead atoms. The van der Waals surface area contributed by atoms with Gasteiger partial charge in [-0.25, -0.2) is 9.97 Å². The second-order valence-corrected chi connectivity index (χ2v) is 5.87. The third-order valence-electron chi connectivity index (χ3n) is 3.27. The van der Waals surface area contributed by atoms with E-state index in [4.69, 9.17) is 0 Å². The molecule has 124 valence electrons. The van der Waals surface area contributed by atoms with Crippen molar-refractivity contribution in [2.75, 3.05) is 18.4 Å². The second kappa shape index (κ2) is 7.18. The van der Waals surface area contributed by atoms with Gasteiger partial charge in [0, 0.05) is 31.5 Å². The van der Waals surface area contributed by atoms with E-state index in [2.05, 4.69) is 30.2 Å². The highest BCUT2D eigenvalue weighted by Gasteiger charge is 2.12. The molecule has 0 radical (unpaired) electrons. The minimum Gasteiger partial charge on any atom is -0.368 e. The highest BCUT2D eigenvalue weighted by molar-refractivity contribution is 7.07. The molecule has 0 saturated heterocycles. The van der Waals surface area contributed by atoms with Crippen molar-refractivity contribution in [1.82, 2.24) is 29.4 Å². The highest BCUT2D eigenvalue weighted by Crippen LogP contribution is 2.11. The third kappa shape index (κ3) is 3.74.